The van der Waals surface area contributed by atoms with Crippen molar-refractivity contribution in [3.8, 4) is 0 Å². The van der Waals surface area contributed by atoms with Gasteiger partial charge in [-0.3, -0.25) is 0 Å². The van der Waals surface area contributed by atoms with Crippen LogP contribution in [0.25, 0.3) is 0 Å². The normalized spacial score (nSPS) is 13.9. The average Bonchev–Trinajstić information content (AvgIpc) is 1.97. The Morgan fingerprint density at radius 1 is 1.54 bits per heavy atom. The van der Waals surface area contributed by atoms with Gasteiger partial charge in [0.05, 0.1) is 0 Å². The van der Waals surface area contributed by atoms with Gasteiger partial charge in [0.25, 0.3) is 0 Å². The molecule has 4 nitrogen and oxygen atoms in total. The lowest BCUT2D eigenvalue weighted by atomic mass is 9.88. The molecule has 13 heavy (non-hydrogen) atoms. The minimum atomic E-state index is -0.917. The van der Waals surface area contributed by atoms with Crippen LogP contribution >= 0.6 is 0 Å². The van der Waals surface area contributed by atoms with Crippen molar-refractivity contribution in [1.29, 1.82) is 0 Å². The Hall–Kier alpha value is -0.770. The molecule has 0 fully saturated rings. The van der Waals surface area contributed by atoms with E-state index in [1.165, 1.54) is 4.90 Å². The molecular weight excluding hydrogens is 168 g/mol. The van der Waals surface area contributed by atoms with E-state index in [-0.39, 0.29) is 11.5 Å². The SMILES string of the molecule is CN(C(=O)O)C(CN)CC(C)(C)C. The summed E-state index contributed by atoms with van der Waals surface area (Å²) in [4.78, 5) is 11.9. The highest BCUT2D eigenvalue weighted by Gasteiger charge is 2.23. The highest BCUT2D eigenvalue weighted by molar-refractivity contribution is 5.64. The number of hydrogen-bond donors (Lipinski definition) is 2. The Kier molecular flexibility index (Phi) is 4.20. The first-order valence-corrected chi connectivity index (χ1v) is 4.44. The number of carbonyl (C=O) groups is 1. The summed E-state index contributed by atoms with van der Waals surface area (Å²) in [6.07, 6.45) is -0.133. The minimum absolute atomic E-state index is 0.0856. The molecule has 0 aliphatic carbocycles. The molecule has 0 heterocycles. The zero-order valence-corrected chi connectivity index (χ0v) is 8.87. The monoisotopic (exact) mass is 188 g/mol. The molecule has 0 aliphatic rings. The fourth-order valence-corrected chi connectivity index (χ4v) is 1.24. The maximum Gasteiger partial charge on any atom is 0.407 e. The lowest BCUT2D eigenvalue weighted by Crippen LogP contribution is -2.43. The number of hydrogen-bond acceptors (Lipinski definition) is 2. The van der Waals surface area contributed by atoms with Gasteiger partial charge in [-0.2, -0.15) is 0 Å². The largest absolute Gasteiger partial charge is 0.465 e. The highest BCUT2D eigenvalue weighted by atomic mass is 16.4. The summed E-state index contributed by atoms with van der Waals surface area (Å²) in [6, 6.07) is -0.0856. The van der Waals surface area contributed by atoms with Crippen LogP contribution in [0, 0.1) is 5.41 Å². The van der Waals surface area contributed by atoms with Crippen LogP contribution in [-0.4, -0.2) is 35.7 Å². The molecule has 0 saturated heterocycles. The zero-order chi connectivity index (χ0) is 10.6. The van der Waals surface area contributed by atoms with Crippen LogP contribution < -0.4 is 5.73 Å². The molecule has 4 heteroatoms. The molecule has 0 rings (SSSR count). The van der Waals surface area contributed by atoms with Gasteiger partial charge in [-0.05, 0) is 11.8 Å². The third-order valence-corrected chi connectivity index (χ3v) is 1.97. The standard InChI is InChI=1S/C9H20N2O2/c1-9(2,3)5-7(6-10)11(4)8(12)13/h7H,5-6,10H2,1-4H3,(H,12,13). The number of rotatable bonds is 3. The van der Waals surface area contributed by atoms with Crippen molar-refractivity contribution in [2.24, 2.45) is 11.1 Å². The molecule has 0 aliphatic heterocycles. The van der Waals surface area contributed by atoms with Crippen molar-refractivity contribution in [3.05, 3.63) is 0 Å². The predicted molar refractivity (Wildman–Crippen MR) is 52.7 cm³/mol. The van der Waals surface area contributed by atoms with Gasteiger partial charge in [0, 0.05) is 19.6 Å². The van der Waals surface area contributed by atoms with E-state index in [2.05, 4.69) is 20.8 Å². The molecule has 0 radical (unpaired) electrons. The number of likely N-dealkylation sites (N-methyl/N-ethyl adjacent to an activating group) is 1. The fraction of sp³-hybridized carbons (Fsp3) is 0.889. The van der Waals surface area contributed by atoms with Gasteiger partial charge < -0.3 is 15.7 Å². The first-order valence-electron chi connectivity index (χ1n) is 4.44. The maximum absolute atomic E-state index is 10.7. The topological polar surface area (TPSA) is 66.6 Å². The van der Waals surface area contributed by atoms with Crippen molar-refractivity contribution in [2.75, 3.05) is 13.6 Å². The Bertz CT molecular complexity index is 175. The van der Waals surface area contributed by atoms with E-state index in [0.29, 0.717) is 6.54 Å². The van der Waals surface area contributed by atoms with E-state index in [1.807, 2.05) is 0 Å². The highest BCUT2D eigenvalue weighted by Crippen LogP contribution is 2.22. The predicted octanol–water partition coefficient (Wildman–Crippen LogP) is 1.36. The molecule has 78 valence electrons. The molecule has 0 aromatic carbocycles. The second-order valence-electron chi connectivity index (χ2n) is 4.55. The van der Waals surface area contributed by atoms with Gasteiger partial charge in [-0.25, -0.2) is 4.79 Å². The van der Waals surface area contributed by atoms with Gasteiger partial charge in [0.2, 0.25) is 0 Å². The molecule has 0 saturated carbocycles. The molecule has 0 spiro atoms. The summed E-state index contributed by atoms with van der Waals surface area (Å²) in [5.41, 5.74) is 5.62. The Morgan fingerprint density at radius 3 is 2.23 bits per heavy atom. The first kappa shape index (κ1) is 12.2. The molecule has 1 unspecified atom stereocenters. The van der Waals surface area contributed by atoms with E-state index in [9.17, 15) is 4.79 Å². The Labute approximate surface area is 79.7 Å². The molecule has 0 bridgehead atoms. The molecule has 3 N–H and O–H groups in total. The van der Waals surface area contributed by atoms with Gasteiger partial charge in [0.15, 0.2) is 0 Å². The third kappa shape index (κ3) is 4.72. The minimum Gasteiger partial charge on any atom is -0.465 e. The lowest BCUT2D eigenvalue weighted by molar-refractivity contribution is 0.126. The molecule has 0 aromatic heterocycles. The zero-order valence-electron chi connectivity index (χ0n) is 8.87. The number of carboxylic acid groups (broad SMARTS) is 1. The van der Waals surface area contributed by atoms with Gasteiger partial charge in [0.1, 0.15) is 0 Å². The fourth-order valence-electron chi connectivity index (χ4n) is 1.24. The third-order valence-electron chi connectivity index (χ3n) is 1.97. The molecule has 1 amide bonds. The van der Waals surface area contributed by atoms with Crippen molar-refractivity contribution in [3.63, 3.8) is 0 Å². The maximum atomic E-state index is 10.7. The van der Waals surface area contributed by atoms with E-state index in [4.69, 9.17) is 10.8 Å². The molecular formula is C9H20N2O2. The summed E-state index contributed by atoms with van der Waals surface area (Å²) >= 11 is 0. The van der Waals surface area contributed by atoms with E-state index >= 15 is 0 Å². The Balaban J connectivity index is 4.26. The first-order chi connectivity index (χ1) is 5.78. The van der Waals surface area contributed by atoms with Crippen LogP contribution in [0.5, 0.6) is 0 Å². The van der Waals surface area contributed by atoms with Crippen molar-refractivity contribution in [2.45, 2.75) is 33.2 Å². The van der Waals surface area contributed by atoms with E-state index in [0.717, 1.165) is 6.42 Å². The van der Waals surface area contributed by atoms with Crippen LogP contribution in [-0.2, 0) is 0 Å². The van der Waals surface area contributed by atoms with Gasteiger partial charge in [-0.1, -0.05) is 20.8 Å². The summed E-state index contributed by atoms with van der Waals surface area (Å²) in [6.45, 7) is 6.60. The smallest absolute Gasteiger partial charge is 0.407 e. The number of nitrogens with two attached hydrogens (primary N) is 1. The van der Waals surface area contributed by atoms with Crippen LogP contribution in [0.2, 0.25) is 0 Å². The van der Waals surface area contributed by atoms with Crippen LogP contribution in [0.1, 0.15) is 27.2 Å². The summed E-state index contributed by atoms with van der Waals surface area (Å²) in [5.74, 6) is 0. The van der Waals surface area contributed by atoms with Gasteiger partial charge >= 0.3 is 6.09 Å². The van der Waals surface area contributed by atoms with Crippen molar-refractivity contribution < 1.29 is 9.90 Å². The second-order valence-corrected chi connectivity index (χ2v) is 4.55. The second kappa shape index (κ2) is 4.46. The van der Waals surface area contributed by atoms with E-state index < -0.39 is 6.09 Å². The van der Waals surface area contributed by atoms with Crippen LogP contribution in [0.4, 0.5) is 4.79 Å². The van der Waals surface area contributed by atoms with Gasteiger partial charge in [-0.15, -0.1) is 0 Å². The summed E-state index contributed by atoms with van der Waals surface area (Å²) < 4.78 is 0. The van der Waals surface area contributed by atoms with Crippen LogP contribution in [0.3, 0.4) is 0 Å². The number of amides is 1. The number of nitrogens with zero attached hydrogens (tertiary/aromatic N) is 1. The quantitative estimate of drug-likeness (QED) is 0.702. The summed E-state index contributed by atoms with van der Waals surface area (Å²) in [7, 11) is 1.56. The molecule has 0 aromatic rings. The summed E-state index contributed by atoms with van der Waals surface area (Å²) in [5, 5.41) is 8.75. The lowest BCUT2D eigenvalue weighted by Gasteiger charge is -2.30. The molecule has 1 atom stereocenters. The van der Waals surface area contributed by atoms with E-state index in [1.54, 1.807) is 7.05 Å². The van der Waals surface area contributed by atoms with Crippen molar-refractivity contribution >= 4 is 6.09 Å². The average molecular weight is 188 g/mol. The van der Waals surface area contributed by atoms with Crippen molar-refractivity contribution in [1.82, 2.24) is 4.90 Å². The van der Waals surface area contributed by atoms with Crippen LogP contribution in [0.15, 0.2) is 0 Å². The Morgan fingerprint density at radius 2 is 2.00 bits per heavy atom.